The van der Waals surface area contributed by atoms with Gasteiger partial charge in [0.15, 0.2) is 5.65 Å². The van der Waals surface area contributed by atoms with Crippen LogP contribution in [-0.2, 0) is 0 Å². The molecular weight excluding hydrogens is 278 g/mol. The highest BCUT2D eigenvalue weighted by Gasteiger charge is 2.27. The normalized spacial score (nSPS) is 21.9. The summed E-state index contributed by atoms with van der Waals surface area (Å²) >= 11 is 2.09. The standard InChI is InChI=1S/C17H23N3S/c1-2-5-14(6-3-1)20-16(13-8-11-21-12-9-13)19-15-7-4-10-18-17(15)20/h4,7,10,13-14H,1-3,5-6,8-9,11-12H2. The van der Waals surface area contributed by atoms with Crippen molar-refractivity contribution >= 4 is 22.9 Å². The van der Waals surface area contributed by atoms with E-state index in [9.17, 15) is 0 Å². The summed E-state index contributed by atoms with van der Waals surface area (Å²) in [6.45, 7) is 0. The molecule has 1 aliphatic heterocycles. The smallest absolute Gasteiger partial charge is 0.160 e. The topological polar surface area (TPSA) is 30.7 Å². The molecule has 0 spiro atoms. The minimum atomic E-state index is 0.628. The lowest BCUT2D eigenvalue weighted by atomic mass is 9.94. The molecule has 3 nitrogen and oxygen atoms in total. The van der Waals surface area contributed by atoms with E-state index in [1.807, 2.05) is 12.3 Å². The van der Waals surface area contributed by atoms with Crippen molar-refractivity contribution in [1.82, 2.24) is 14.5 Å². The van der Waals surface area contributed by atoms with Crippen LogP contribution in [0.15, 0.2) is 18.3 Å². The number of fused-ring (bicyclic) bond motifs is 1. The summed E-state index contributed by atoms with van der Waals surface area (Å²) in [6, 6.07) is 4.77. The van der Waals surface area contributed by atoms with Gasteiger partial charge in [0.2, 0.25) is 0 Å². The highest BCUT2D eigenvalue weighted by molar-refractivity contribution is 7.99. The van der Waals surface area contributed by atoms with Gasteiger partial charge < -0.3 is 4.57 Å². The van der Waals surface area contributed by atoms with Crippen LogP contribution in [0.25, 0.3) is 11.2 Å². The van der Waals surface area contributed by atoms with Crippen molar-refractivity contribution in [3.05, 3.63) is 24.2 Å². The van der Waals surface area contributed by atoms with Crippen molar-refractivity contribution in [2.24, 2.45) is 0 Å². The molecule has 2 fully saturated rings. The molecule has 0 atom stereocenters. The molecule has 3 heterocycles. The number of thioether (sulfide) groups is 1. The molecule has 0 bridgehead atoms. The molecule has 0 unspecified atom stereocenters. The van der Waals surface area contributed by atoms with Crippen molar-refractivity contribution in [2.75, 3.05) is 11.5 Å². The first-order valence-electron chi connectivity index (χ1n) is 8.34. The van der Waals surface area contributed by atoms with Gasteiger partial charge >= 0.3 is 0 Å². The number of hydrogen-bond acceptors (Lipinski definition) is 3. The van der Waals surface area contributed by atoms with Gasteiger partial charge in [0, 0.05) is 18.2 Å². The quantitative estimate of drug-likeness (QED) is 0.815. The number of imidazole rings is 1. The van der Waals surface area contributed by atoms with Gasteiger partial charge in [-0.1, -0.05) is 19.3 Å². The molecule has 4 heteroatoms. The average Bonchev–Trinajstić information content (AvgIpc) is 2.96. The van der Waals surface area contributed by atoms with Crippen molar-refractivity contribution < 1.29 is 0 Å². The number of rotatable bonds is 2. The molecule has 2 aromatic heterocycles. The van der Waals surface area contributed by atoms with Crippen LogP contribution in [0.2, 0.25) is 0 Å². The van der Waals surface area contributed by atoms with E-state index in [1.165, 1.54) is 62.3 Å². The van der Waals surface area contributed by atoms with E-state index in [0.29, 0.717) is 12.0 Å². The molecule has 0 amide bonds. The van der Waals surface area contributed by atoms with E-state index in [2.05, 4.69) is 27.4 Å². The highest BCUT2D eigenvalue weighted by atomic mass is 32.2. The van der Waals surface area contributed by atoms with Gasteiger partial charge in [-0.05, 0) is 49.3 Å². The van der Waals surface area contributed by atoms with Gasteiger partial charge in [0.05, 0.1) is 0 Å². The number of pyridine rings is 1. The Balaban J connectivity index is 1.79. The first-order chi connectivity index (χ1) is 10.4. The Morgan fingerprint density at radius 2 is 1.86 bits per heavy atom. The monoisotopic (exact) mass is 301 g/mol. The second-order valence-corrected chi connectivity index (χ2v) is 7.59. The first-order valence-corrected chi connectivity index (χ1v) is 9.49. The zero-order chi connectivity index (χ0) is 14.1. The maximum absolute atomic E-state index is 5.00. The molecular formula is C17H23N3S. The third kappa shape index (κ3) is 2.59. The molecule has 0 N–H and O–H groups in total. The predicted molar refractivity (Wildman–Crippen MR) is 89.0 cm³/mol. The summed E-state index contributed by atoms with van der Waals surface area (Å²) in [6.07, 6.45) is 11.2. The average molecular weight is 301 g/mol. The van der Waals surface area contributed by atoms with Gasteiger partial charge in [0.1, 0.15) is 11.3 Å². The molecule has 0 radical (unpaired) electrons. The van der Waals surface area contributed by atoms with E-state index in [4.69, 9.17) is 4.98 Å². The summed E-state index contributed by atoms with van der Waals surface area (Å²) < 4.78 is 2.52. The zero-order valence-electron chi connectivity index (χ0n) is 12.5. The highest BCUT2D eigenvalue weighted by Crippen LogP contribution is 2.37. The molecule has 2 aliphatic rings. The Bertz CT molecular complexity index is 610. The Morgan fingerprint density at radius 3 is 2.67 bits per heavy atom. The van der Waals surface area contributed by atoms with Gasteiger partial charge in [0.25, 0.3) is 0 Å². The lowest BCUT2D eigenvalue weighted by Crippen LogP contribution is -2.20. The fraction of sp³-hybridized carbons (Fsp3) is 0.647. The van der Waals surface area contributed by atoms with Crippen molar-refractivity contribution in [1.29, 1.82) is 0 Å². The summed E-state index contributed by atoms with van der Waals surface area (Å²) in [4.78, 5) is 9.67. The molecule has 21 heavy (non-hydrogen) atoms. The molecule has 1 aliphatic carbocycles. The largest absolute Gasteiger partial charge is 0.309 e. The minimum Gasteiger partial charge on any atom is -0.309 e. The summed E-state index contributed by atoms with van der Waals surface area (Å²) in [5.41, 5.74) is 2.22. The fourth-order valence-corrected chi connectivity index (χ4v) is 5.00. The van der Waals surface area contributed by atoms with Gasteiger partial charge in [-0.15, -0.1) is 0 Å². The summed E-state index contributed by atoms with van der Waals surface area (Å²) in [5, 5.41) is 0. The molecule has 2 aromatic rings. The van der Waals surface area contributed by atoms with Crippen molar-refractivity contribution in [3.8, 4) is 0 Å². The lowest BCUT2D eigenvalue weighted by Gasteiger charge is -2.28. The third-order valence-electron chi connectivity index (χ3n) is 5.00. The van der Waals surface area contributed by atoms with Crippen LogP contribution >= 0.6 is 11.8 Å². The van der Waals surface area contributed by atoms with E-state index in [-0.39, 0.29) is 0 Å². The van der Waals surface area contributed by atoms with Crippen molar-refractivity contribution in [3.63, 3.8) is 0 Å². The Morgan fingerprint density at radius 1 is 1.05 bits per heavy atom. The number of aromatic nitrogens is 3. The van der Waals surface area contributed by atoms with Crippen LogP contribution in [0.1, 0.15) is 62.7 Å². The van der Waals surface area contributed by atoms with Gasteiger partial charge in [-0.2, -0.15) is 11.8 Å². The Hall–Kier alpha value is -1.03. The molecule has 1 saturated heterocycles. The lowest BCUT2D eigenvalue weighted by molar-refractivity contribution is 0.343. The van der Waals surface area contributed by atoms with E-state index in [1.54, 1.807) is 0 Å². The van der Waals surface area contributed by atoms with Crippen LogP contribution in [0.4, 0.5) is 0 Å². The summed E-state index contributed by atoms with van der Waals surface area (Å²) in [5.74, 6) is 4.54. The maximum atomic E-state index is 5.00. The third-order valence-corrected chi connectivity index (χ3v) is 6.05. The molecule has 4 rings (SSSR count). The second kappa shape index (κ2) is 5.99. The second-order valence-electron chi connectivity index (χ2n) is 6.36. The van der Waals surface area contributed by atoms with Crippen LogP contribution in [-0.4, -0.2) is 26.0 Å². The number of nitrogens with zero attached hydrogens (tertiary/aromatic N) is 3. The molecule has 1 saturated carbocycles. The molecule has 0 aromatic carbocycles. The molecule has 112 valence electrons. The number of hydrogen-bond donors (Lipinski definition) is 0. The maximum Gasteiger partial charge on any atom is 0.160 e. The predicted octanol–water partition coefficient (Wildman–Crippen LogP) is 4.55. The van der Waals surface area contributed by atoms with Gasteiger partial charge in [-0.3, -0.25) is 0 Å². The summed E-state index contributed by atoms with van der Waals surface area (Å²) in [7, 11) is 0. The Kier molecular flexibility index (Phi) is 3.89. The van der Waals surface area contributed by atoms with E-state index in [0.717, 1.165) is 11.2 Å². The Labute approximate surface area is 130 Å². The van der Waals surface area contributed by atoms with Crippen LogP contribution in [0.3, 0.4) is 0 Å². The van der Waals surface area contributed by atoms with Crippen LogP contribution in [0.5, 0.6) is 0 Å². The van der Waals surface area contributed by atoms with Crippen LogP contribution in [0, 0.1) is 0 Å². The zero-order valence-corrected chi connectivity index (χ0v) is 13.3. The van der Waals surface area contributed by atoms with E-state index < -0.39 is 0 Å². The SMILES string of the molecule is c1cnc2c(c1)nc(C1CCSCC1)n2C1CCCCC1. The first kappa shape index (κ1) is 13.6. The van der Waals surface area contributed by atoms with E-state index >= 15 is 0 Å². The van der Waals surface area contributed by atoms with Gasteiger partial charge in [-0.25, -0.2) is 9.97 Å². The fourth-order valence-electron chi connectivity index (χ4n) is 3.89. The van der Waals surface area contributed by atoms with Crippen LogP contribution < -0.4 is 0 Å². The minimum absolute atomic E-state index is 0.628. The van der Waals surface area contributed by atoms with Crippen molar-refractivity contribution in [2.45, 2.75) is 56.9 Å².